The number of piperidine rings is 1. The SMILES string of the molecule is COCC(O)CN1CCCCC1C(=O)OC. The van der Waals surface area contributed by atoms with Crippen LogP contribution in [-0.4, -0.2) is 62.0 Å². The Balaban J connectivity index is 2.49. The Bertz CT molecular complexity index is 222. The van der Waals surface area contributed by atoms with Crippen molar-refractivity contribution in [3.63, 3.8) is 0 Å². The number of nitrogens with zero attached hydrogens (tertiary/aromatic N) is 1. The van der Waals surface area contributed by atoms with Crippen LogP contribution in [0.2, 0.25) is 0 Å². The number of hydrogen-bond acceptors (Lipinski definition) is 5. The van der Waals surface area contributed by atoms with Crippen molar-refractivity contribution in [1.29, 1.82) is 0 Å². The van der Waals surface area contributed by atoms with Crippen molar-refractivity contribution in [2.45, 2.75) is 31.4 Å². The second-order valence-corrected chi connectivity index (χ2v) is 4.14. The smallest absolute Gasteiger partial charge is 0.323 e. The minimum Gasteiger partial charge on any atom is -0.468 e. The lowest BCUT2D eigenvalue weighted by atomic mass is 10.0. The van der Waals surface area contributed by atoms with Gasteiger partial charge in [0.15, 0.2) is 0 Å². The maximum absolute atomic E-state index is 11.5. The summed E-state index contributed by atoms with van der Waals surface area (Å²) in [7, 11) is 2.96. The predicted molar refractivity (Wildman–Crippen MR) is 59.1 cm³/mol. The molecule has 94 valence electrons. The zero-order valence-electron chi connectivity index (χ0n) is 10.0. The first-order valence-electron chi connectivity index (χ1n) is 5.68. The number of aliphatic hydroxyl groups is 1. The van der Waals surface area contributed by atoms with Gasteiger partial charge in [-0.25, -0.2) is 0 Å². The highest BCUT2D eigenvalue weighted by Crippen LogP contribution is 2.18. The van der Waals surface area contributed by atoms with Gasteiger partial charge in [0, 0.05) is 13.7 Å². The summed E-state index contributed by atoms with van der Waals surface area (Å²) >= 11 is 0. The molecule has 1 aliphatic rings. The van der Waals surface area contributed by atoms with Gasteiger partial charge in [-0.05, 0) is 19.4 Å². The lowest BCUT2D eigenvalue weighted by Gasteiger charge is -2.34. The molecule has 0 radical (unpaired) electrons. The van der Waals surface area contributed by atoms with E-state index in [1.807, 2.05) is 4.90 Å². The van der Waals surface area contributed by atoms with Crippen LogP contribution < -0.4 is 0 Å². The van der Waals surface area contributed by atoms with Crippen molar-refractivity contribution in [2.75, 3.05) is 33.9 Å². The van der Waals surface area contributed by atoms with Crippen molar-refractivity contribution in [1.82, 2.24) is 4.90 Å². The van der Waals surface area contributed by atoms with Gasteiger partial charge in [0.2, 0.25) is 0 Å². The Morgan fingerprint density at radius 3 is 2.88 bits per heavy atom. The van der Waals surface area contributed by atoms with Crippen molar-refractivity contribution in [2.24, 2.45) is 0 Å². The van der Waals surface area contributed by atoms with Gasteiger partial charge < -0.3 is 14.6 Å². The number of carbonyl (C=O) groups excluding carboxylic acids is 1. The molecule has 1 rings (SSSR count). The second kappa shape index (κ2) is 6.83. The van der Waals surface area contributed by atoms with Crippen molar-refractivity contribution >= 4 is 5.97 Å². The number of hydrogen-bond donors (Lipinski definition) is 1. The number of carbonyl (C=O) groups is 1. The maximum Gasteiger partial charge on any atom is 0.323 e. The largest absolute Gasteiger partial charge is 0.468 e. The van der Waals surface area contributed by atoms with Gasteiger partial charge in [0.25, 0.3) is 0 Å². The van der Waals surface area contributed by atoms with Crippen LogP contribution in [0, 0.1) is 0 Å². The number of β-amino-alcohol motifs (C(OH)–C–C–N with tert-alkyl or cyclic N) is 1. The van der Waals surface area contributed by atoms with E-state index in [1.165, 1.54) is 7.11 Å². The van der Waals surface area contributed by atoms with E-state index in [9.17, 15) is 9.90 Å². The summed E-state index contributed by atoms with van der Waals surface area (Å²) in [6, 6.07) is -0.203. The molecule has 0 spiro atoms. The molecule has 2 atom stereocenters. The van der Waals surface area contributed by atoms with Crippen molar-refractivity contribution in [3.05, 3.63) is 0 Å². The van der Waals surface area contributed by atoms with Crippen LogP contribution in [0.1, 0.15) is 19.3 Å². The molecule has 1 N–H and O–H groups in total. The average Bonchev–Trinajstić information content (AvgIpc) is 2.29. The minimum absolute atomic E-state index is 0.203. The van der Waals surface area contributed by atoms with E-state index in [4.69, 9.17) is 9.47 Å². The number of likely N-dealkylation sites (tertiary alicyclic amines) is 1. The Hall–Kier alpha value is -0.650. The third kappa shape index (κ3) is 3.73. The van der Waals surface area contributed by atoms with Crippen molar-refractivity contribution < 1.29 is 19.4 Å². The lowest BCUT2D eigenvalue weighted by Crippen LogP contribution is -2.48. The molecule has 0 aliphatic carbocycles. The predicted octanol–water partition coefficient (Wildman–Crippen LogP) is 0.0212. The molecule has 0 saturated carbocycles. The maximum atomic E-state index is 11.5. The molecule has 0 aromatic carbocycles. The van der Waals surface area contributed by atoms with Gasteiger partial charge in [0.1, 0.15) is 6.04 Å². The highest BCUT2D eigenvalue weighted by atomic mass is 16.5. The zero-order valence-corrected chi connectivity index (χ0v) is 10.0. The van der Waals surface area contributed by atoms with Gasteiger partial charge in [-0.2, -0.15) is 0 Å². The molecule has 5 heteroatoms. The Labute approximate surface area is 96.3 Å². The van der Waals surface area contributed by atoms with Gasteiger partial charge >= 0.3 is 5.97 Å². The fourth-order valence-electron chi connectivity index (χ4n) is 2.13. The molecule has 0 amide bonds. The first-order valence-corrected chi connectivity index (χ1v) is 5.68. The summed E-state index contributed by atoms with van der Waals surface area (Å²) < 4.78 is 9.64. The normalized spacial score (nSPS) is 24.1. The van der Waals surface area contributed by atoms with Crippen LogP contribution in [-0.2, 0) is 14.3 Å². The fourth-order valence-corrected chi connectivity index (χ4v) is 2.13. The van der Waals surface area contributed by atoms with E-state index >= 15 is 0 Å². The number of esters is 1. The standard InChI is InChI=1S/C11H21NO4/c1-15-8-9(13)7-12-6-4-3-5-10(12)11(14)16-2/h9-10,13H,3-8H2,1-2H3. The first kappa shape index (κ1) is 13.4. The van der Waals surface area contributed by atoms with Crippen molar-refractivity contribution in [3.8, 4) is 0 Å². The third-order valence-corrected chi connectivity index (χ3v) is 2.89. The molecule has 1 heterocycles. The molecule has 5 nitrogen and oxygen atoms in total. The number of ether oxygens (including phenoxy) is 2. The zero-order chi connectivity index (χ0) is 12.0. The van der Waals surface area contributed by atoms with Gasteiger partial charge in [-0.1, -0.05) is 6.42 Å². The Kier molecular flexibility index (Phi) is 5.73. The summed E-state index contributed by atoms with van der Waals surface area (Å²) in [5.41, 5.74) is 0. The van der Waals surface area contributed by atoms with E-state index in [0.717, 1.165) is 25.8 Å². The molecule has 1 fully saturated rings. The molecule has 2 unspecified atom stereocenters. The Morgan fingerprint density at radius 1 is 1.50 bits per heavy atom. The van der Waals surface area contributed by atoms with E-state index < -0.39 is 6.10 Å². The van der Waals surface area contributed by atoms with E-state index in [-0.39, 0.29) is 12.0 Å². The third-order valence-electron chi connectivity index (χ3n) is 2.89. The number of rotatable bonds is 5. The summed E-state index contributed by atoms with van der Waals surface area (Å²) in [6.45, 7) is 1.60. The quantitative estimate of drug-likeness (QED) is 0.676. The summed E-state index contributed by atoms with van der Waals surface area (Å²) in [6.07, 6.45) is 2.37. The van der Waals surface area contributed by atoms with Crippen LogP contribution in [0.5, 0.6) is 0 Å². The van der Waals surface area contributed by atoms with Crippen LogP contribution in [0.4, 0.5) is 0 Å². The van der Waals surface area contributed by atoms with Crippen LogP contribution >= 0.6 is 0 Å². The topological polar surface area (TPSA) is 59.0 Å². The molecule has 0 aromatic rings. The van der Waals surface area contributed by atoms with Crippen LogP contribution in [0.15, 0.2) is 0 Å². The summed E-state index contributed by atoms with van der Waals surface area (Å²) in [5.74, 6) is -0.204. The van der Waals surface area contributed by atoms with Gasteiger partial charge in [-0.15, -0.1) is 0 Å². The fraction of sp³-hybridized carbons (Fsp3) is 0.909. The van der Waals surface area contributed by atoms with Gasteiger partial charge in [-0.3, -0.25) is 9.69 Å². The monoisotopic (exact) mass is 231 g/mol. The summed E-state index contributed by atoms with van der Waals surface area (Å²) in [4.78, 5) is 13.5. The Morgan fingerprint density at radius 2 is 2.25 bits per heavy atom. The highest BCUT2D eigenvalue weighted by molar-refractivity contribution is 5.75. The minimum atomic E-state index is -0.546. The van der Waals surface area contributed by atoms with E-state index in [2.05, 4.69) is 0 Å². The van der Waals surface area contributed by atoms with E-state index in [0.29, 0.717) is 13.2 Å². The molecule has 1 aliphatic heterocycles. The molecule has 1 saturated heterocycles. The average molecular weight is 231 g/mol. The molecular weight excluding hydrogens is 210 g/mol. The molecular formula is C11H21NO4. The molecule has 16 heavy (non-hydrogen) atoms. The number of aliphatic hydroxyl groups excluding tert-OH is 1. The summed E-state index contributed by atoms with van der Waals surface area (Å²) in [5, 5.41) is 9.65. The molecule has 0 bridgehead atoms. The molecule has 0 aromatic heterocycles. The second-order valence-electron chi connectivity index (χ2n) is 4.14. The first-order chi connectivity index (χ1) is 7.69. The van der Waals surface area contributed by atoms with Crippen LogP contribution in [0.3, 0.4) is 0 Å². The van der Waals surface area contributed by atoms with E-state index in [1.54, 1.807) is 7.11 Å². The van der Waals surface area contributed by atoms with Gasteiger partial charge in [0.05, 0.1) is 19.8 Å². The number of methoxy groups -OCH3 is 2. The lowest BCUT2D eigenvalue weighted by molar-refractivity contribution is -0.149. The van der Waals surface area contributed by atoms with Crippen LogP contribution in [0.25, 0.3) is 0 Å². The highest BCUT2D eigenvalue weighted by Gasteiger charge is 2.30.